The van der Waals surface area contributed by atoms with E-state index in [1.54, 1.807) is 12.1 Å². The summed E-state index contributed by atoms with van der Waals surface area (Å²) in [7, 11) is 0. The molecule has 0 fully saturated rings. The number of aliphatic carboxylic acids is 1. The van der Waals surface area contributed by atoms with Crippen molar-refractivity contribution < 1.29 is 19.6 Å². The number of nitrogens with zero attached hydrogens (tertiary/aromatic N) is 2. The summed E-state index contributed by atoms with van der Waals surface area (Å²) in [6, 6.07) is 6.03. The number of carboxylic acids is 1. The van der Waals surface area contributed by atoms with E-state index in [0.29, 0.717) is 25.3 Å². The van der Waals surface area contributed by atoms with E-state index >= 15 is 0 Å². The van der Waals surface area contributed by atoms with Gasteiger partial charge in [0.1, 0.15) is 5.75 Å². The van der Waals surface area contributed by atoms with Crippen LogP contribution in [0, 0.1) is 10.1 Å². The first-order valence-electron chi connectivity index (χ1n) is 6.73. The molecule has 1 aromatic carbocycles. The predicted molar refractivity (Wildman–Crippen MR) is 77.6 cm³/mol. The van der Waals surface area contributed by atoms with Gasteiger partial charge in [-0.05, 0) is 32.4 Å². The Morgan fingerprint density at radius 2 is 2.00 bits per heavy atom. The standard InChI is InChI=1S/C14H20N2O5/c1-11(2)15(10-14(17)18)8-3-9-21-13-6-4-12(5-7-13)16(19)20/h4-7,11H,3,8-10H2,1-2H3,(H,17,18). The molecule has 7 nitrogen and oxygen atoms in total. The van der Waals surface area contributed by atoms with Gasteiger partial charge in [0.2, 0.25) is 0 Å². The Kier molecular flexibility index (Phi) is 6.61. The van der Waals surface area contributed by atoms with Crippen LogP contribution < -0.4 is 4.74 Å². The van der Waals surface area contributed by atoms with Crippen molar-refractivity contribution in [2.24, 2.45) is 0 Å². The Hall–Kier alpha value is -2.15. The molecule has 0 aliphatic carbocycles. The summed E-state index contributed by atoms with van der Waals surface area (Å²) < 4.78 is 5.48. The number of non-ortho nitro benzene ring substituents is 1. The quantitative estimate of drug-likeness (QED) is 0.426. The van der Waals surface area contributed by atoms with Gasteiger partial charge < -0.3 is 9.84 Å². The number of rotatable bonds is 9. The zero-order valence-electron chi connectivity index (χ0n) is 12.2. The highest BCUT2D eigenvalue weighted by Gasteiger charge is 2.12. The SMILES string of the molecule is CC(C)N(CCCOc1ccc([N+](=O)[O-])cc1)CC(=O)O. The summed E-state index contributed by atoms with van der Waals surface area (Å²) >= 11 is 0. The first kappa shape index (κ1) is 16.9. The molecular formula is C14H20N2O5. The van der Waals surface area contributed by atoms with Gasteiger partial charge in [-0.1, -0.05) is 0 Å². The van der Waals surface area contributed by atoms with Gasteiger partial charge >= 0.3 is 5.97 Å². The average Bonchev–Trinajstić information content (AvgIpc) is 2.42. The number of benzene rings is 1. The van der Waals surface area contributed by atoms with Crippen LogP contribution in [0.4, 0.5) is 5.69 Å². The van der Waals surface area contributed by atoms with Crippen LogP contribution in [0.1, 0.15) is 20.3 Å². The van der Waals surface area contributed by atoms with Gasteiger partial charge in [-0.2, -0.15) is 0 Å². The minimum Gasteiger partial charge on any atom is -0.494 e. The van der Waals surface area contributed by atoms with Gasteiger partial charge in [0.15, 0.2) is 0 Å². The number of nitro groups is 1. The smallest absolute Gasteiger partial charge is 0.317 e. The molecule has 0 heterocycles. The van der Waals surface area contributed by atoms with Crippen LogP contribution in [0.3, 0.4) is 0 Å². The maximum absolute atomic E-state index is 10.7. The second-order valence-corrected chi connectivity index (χ2v) is 4.91. The molecule has 1 rings (SSSR count). The van der Waals surface area contributed by atoms with Gasteiger partial charge in [-0.15, -0.1) is 0 Å². The van der Waals surface area contributed by atoms with Crippen LogP contribution in [-0.4, -0.2) is 46.6 Å². The Morgan fingerprint density at radius 1 is 1.38 bits per heavy atom. The fraction of sp³-hybridized carbons (Fsp3) is 0.500. The number of ether oxygens (including phenoxy) is 1. The third kappa shape index (κ3) is 6.22. The Morgan fingerprint density at radius 3 is 2.48 bits per heavy atom. The Labute approximate surface area is 123 Å². The van der Waals surface area contributed by atoms with Crippen molar-refractivity contribution >= 4 is 11.7 Å². The summed E-state index contributed by atoms with van der Waals surface area (Å²) in [6.07, 6.45) is 0.683. The largest absolute Gasteiger partial charge is 0.494 e. The monoisotopic (exact) mass is 296 g/mol. The van der Waals surface area contributed by atoms with Crippen LogP contribution in [0.15, 0.2) is 24.3 Å². The first-order valence-corrected chi connectivity index (χ1v) is 6.73. The zero-order valence-corrected chi connectivity index (χ0v) is 12.2. The predicted octanol–water partition coefficient (Wildman–Crippen LogP) is 2.16. The highest BCUT2D eigenvalue weighted by molar-refractivity contribution is 5.69. The van der Waals surface area contributed by atoms with Gasteiger partial charge in [-0.3, -0.25) is 19.8 Å². The lowest BCUT2D eigenvalue weighted by Crippen LogP contribution is -2.36. The van der Waals surface area contributed by atoms with Crippen LogP contribution in [0.25, 0.3) is 0 Å². The molecule has 0 unspecified atom stereocenters. The third-order valence-electron chi connectivity index (χ3n) is 2.97. The van der Waals surface area contributed by atoms with Crippen molar-refractivity contribution in [3.8, 4) is 5.75 Å². The topological polar surface area (TPSA) is 92.9 Å². The lowest BCUT2D eigenvalue weighted by molar-refractivity contribution is -0.384. The summed E-state index contributed by atoms with van der Waals surface area (Å²) in [4.78, 5) is 22.6. The molecule has 0 saturated heterocycles. The summed E-state index contributed by atoms with van der Waals surface area (Å²) in [5.41, 5.74) is 0.0230. The molecule has 0 bridgehead atoms. The summed E-state index contributed by atoms with van der Waals surface area (Å²) in [5.74, 6) is -0.282. The minimum atomic E-state index is -0.847. The number of carboxylic acid groups (broad SMARTS) is 1. The number of carbonyl (C=O) groups is 1. The van der Waals surface area contributed by atoms with Gasteiger partial charge in [-0.25, -0.2) is 0 Å². The van der Waals surface area contributed by atoms with Crippen molar-refractivity contribution in [2.45, 2.75) is 26.3 Å². The fourth-order valence-corrected chi connectivity index (χ4v) is 1.82. The van der Waals surface area contributed by atoms with Crippen molar-refractivity contribution in [2.75, 3.05) is 19.7 Å². The minimum absolute atomic E-state index is 0.00913. The number of hydrogen-bond donors (Lipinski definition) is 1. The molecule has 21 heavy (non-hydrogen) atoms. The van der Waals surface area contributed by atoms with E-state index in [9.17, 15) is 14.9 Å². The van der Waals surface area contributed by atoms with Crippen LogP contribution in [0.2, 0.25) is 0 Å². The van der Waals surface area contributed by atoms with Crippen LogP contribution >= 0.6 is 0 Å². The van der Waals surface area contributed by atoms with Crippen molar-refractivity contribution in [1.29, 1.82) is 0 Å². The van der Waals surface area contributed by atoms with E-state index in [1.165, 1.54) is 12.1 Å². The summed E-state index contributed by atoms with van der Waals surface area (Å²) in [5, 5.41) is 19.3. The third-order valence-corrected chi connectivity index (χ3v) is 2.97. The van der Waals surface area contributed by atoms with E-state index in [0.717, 1.165) is 0 Å². The van der Waals surface area contributed by atoms with E-state index < -0.39 is 10.9 Å². The van der Waals surface area contributed by atoms with E-state index in [-0.39, 0.29) is 18.3 Å². The van der Waals surface area contributed by atoms with E-state index in [2.05, 4.69) is 0 Å². The highest BCUT2D eigenvalue weighted by atomic mass is 16.6. The van der Waals surface area contributed by atoms with Crippen molar-refractivity contribution in [3.05, 3.63) is 34.4 Å². The molecule has 1 aromatic rings. The maximum Gasteiger partial charge on any atom is 0.317 e. The normalized spacial score (nSPS) is 10.9. The molecule has 0 saturated carbocycles. The molecule has 116 valence electrons. The lowest BCUT2D eigenvalue weighted by atomic mass is 10.3. The van der Waals surface area contributed by atoms with Crippen molar-refractivity contribution in [3.63, 3.8) is 0 Å². The molecule has 0 aromatic heterocycles. The van der Waals surface area contributed by atoms with Gasteiger partial charge in [0, 0.05) is 24.7 Å². The number of nitro benzene ring substituents is 1. The summed E-state index contributed by atoms with van der Waals surface area (Å²) in [6.45, 7) is 4.95. The molecule has 0 aliphatic heterocycles. The second kappa shape index (κ2) is 8.21. The van der Waals surface area contributed by atoms with Gasteiger partial charge in [0.25, 0.3) is 5.69 Å². The molecule has 0 radical (unpaired) electrons. The molecule has 0 spiro atoms. The molecule has 0 amide bonds. The second-order valence-electron chi connectivity index (χ2n) is 4.91. The van der Waals surface area contributed by atoms with E-state index in [4.69, 9.17) is 9.84 Å². The van der Waals surface area contributed by atoms with Crippen LogP contribution in [-0.2, 0) is 4.79 Å². The highest BCUT2D eigenvalue weighted by Crippen LogP contribution is 2.17. The fourth-order valence-electron chi connectivity index (χ4n) is 1.82. The Balaban J connectivity index is 2.35. The van der Waals surface area contributed by atoms with Gasteiger partial charge in [0.05, 0.1) is 18.1 Å². The maximum atomic E-state index is 10.7. The van der Waals surface area contributed by atoms with Crippen LogP contribution in [0.5, 0.6) is 5.75 Å². The lowest BCUT2D eigenvalue weighted by Gasteiger charge is -2.24. The number of hydrogen-bond acceptors (Lipinski definition) is 5. The molecular weight excluding hydrogens is 276 g/mol. The van der Waals surface area contributed by atoms with E-state index in [1.807, 2.05) is 18.7 Å². The molecule has 0 aliphatic rings. The first-order chi connectivity index (χ1) is 9.90. The zero-order chi connectivity index (χ0) is 15.8. The van der Waals surface area contributed by atoms with Crippen molar-refractivity contribution in [1.82, 2.24) is 4.90 Å². The molecule has 1 N–H and O–H groups in total. The average molecular weight is 296 g/mol. The molecule has 0 atom stereocenters. The molecule has 7 heteroatoms. The Bertz CT molecular complexity index is 473.